The highest BCUT2D eigenvalue weighted by atomic mass is 16.5. The van der Waals surface area contributed by atoms with E-state index in [1.54, 1.807) is 43.3 Å². The van der Waals surface area contributed by atoms with E-state index in [0.717, 1.165) is 0 Å². The third kappa shape index (κ3) is 3.68. The fourth-order valence-corrected chi connectivity index (χ4v) is 2.98. The van der Waals surface area contributed by atoms with Crippen LogP contribution in [0.2, 0.25) is 0 Å². The van der Waals surface area contributed by atoms with Gasteiger partial charge in [-0.05, 0) is 30.7 Å². The van der Waals surface area contributed by atoms with Crippen LogP contribution in [0.1, 0.15) is 33.2 Å². The molecular formula is C21H17N3O4. The topological polar surface area (TPSA) is 98.1 Å². The van der Waals surface area contributed by atoms with Gasteiger partial charge in [0.15, 0.2) is 0 Å². The van der Waals surface area contributed by atoms with E-state index in [4.69, 9.17) is 9.26 Å². The molecule has 0 saturated carbocycles. The van der Waals surface area contributed by atoms with Crippen molar-refractivity contribution in [2.45, 2.75) is 20.0 Å². The smallest absolute Gasteiger partial charge is 0.338 e. The van der Waals surface area contributed by atoms with E-state index >= 15 is 0 Å². The average Bonchev–Trinajstić information content (AvgIpc) is 3.12. The third-order valence-corrected chi connectivity index (χ3v) is 4.28. The molecule has 0 saturated heterocycles. The molecule has 0 radical (unpaired) electrons. The van der Waals surface area contributed by atoms with Gasteiger partial charge in [-0.2, -0.15) is 0 Å². The van der Waals surface area contributed by atoms with Gasteiger partial charge >= 0.3 is 5.97 Å². The minimum Gasteiger partial charge on any atom is -0.455 e. The molecule has 2 aromatic carbocycles. The molecule has 0 atom stereocenters. The SMILES string of the molecule is Cc1cc(COC(=O)c2ccccc2Cc2nc3ccccc3c(=O)[nH]2)no1. The highest BCUT2D eigenvalue weighted by Gasteiger charge is 2.15. The van der Waals surface area contributed by atoms with Crippen LogP contribution in [-0.2, 0) is 17.8 Å². The summed E-state index contributed by atoms with van der Waals surface area (Å²) in [5, 5.41) is 4.34. The van der Waals surface area contributed by atoms with Crippen LogP contribution in [0.3, 0.4) is 0 Å². The maximum Gasteiger partial charge on any atom is 0.338 e. The Kier molecular flexibility index (Phi) is 4.72. The monoisotopic (exact) mass is 375 g/mol. The Hall–Kier alpha value is -3.74. The van der Waals surface area contributed by atoms with Crippen LogP contribution < -0.4 is 5.56 Å². The lowest BCUT2D eigenvalue weighted by Gasteiger charge is -2.09. The van der Waals surface area contributed by atoms with Gasteiger partial charge < -0.3 is 14.2 Å². The number of carbonyl (C=O) groups is 1. The van der Waals surface area contributed by atoms with Crippen LogP contribution in [0, 0.1) is 6.92 Å². The van der Waals surface area contributed by atoms with Gasteiger partial charge in [0.1, 0.15) is 23.9 Å². The minimum atomic E-state index is -0.473. The van der Waals surface area contributed by atoms with Crippen molar-refractivity contribution in [1.82, 2.24) is 15.1 Å². The number of aromatic amines is 1. The number of esters is 1. The molecule has 1 N–H and O–H groups in total. The number of carbonyl (C=O) groups excluding carboxylic acids is 1. The molecule has 0 aliphatic rings. The zero-order chi connectivity index (χ0) is 19.5. The van der Waals surface area contributed by atoms with Gasteiger partial charge in [-0.3, -0.25) is 4.79 Å². The number of aryl methyl sites for hydroxylation is 1. The van der Waals surface area contributed by atoms with Crippen LogP contribution in [0.15, 0.2) is 63.9 Å². The molecule has 4 aromatic rings. The Morgan fingerprint density at radius 1 is 1.14 bits per heavy atom. The molecular weight excluding hydrogens is 358 g/mol. The van der Waals surface area contributed by atoms with Crippen LogP contribution in [0.4, 0.5) is 0 Å². The summed E-state index contributed by atoms with van der Waals surface area (Å²) in [5.74, 6) is 0.660. The molecule has 0 spiro atoms. The van der Waals surface area contributed by atoms with Crippen LogP contribution >= 0.6 is 0 Å². The number of aromatic nitrogens is 3. The van der Waals surface area contributed by atoms with Gasteiger partial charge in [-0.1, -0.05) is 35.5 Å². The van der Waals surface area contributed by atoms with Gasteiger partial charge in [-0.15, -0.1) is 0 Å². The highest BCUT2D eigenvalue weighted by molar-refractivity contribution is 5.91. The first-order valence-electron chi connectivity index (χ1n) is 8.75. The summed E-state index contributed by atoms with van der Waals surface area (Å²) in [4.78, 5) is 32.1. The van der Waals surface area contributed by atoms with Crippen molar-refractivity contribution in [2.75, 3.05) is 0 Å². The number of hydrogen-bond donors (Lipinski definition) is 1. The number of hydrogen-bond acceptors (Lipinski definition) is 6. The number of nitrogens with zero attached hydrogens (tertiary/aromatic N) is 2. The van der Waals surface area contributed by atoms with Crippen molar-refractivity contribution in [3.05, 3.63) is 93.4 Å². The Morgan fingerprint density at radius 3 is 2.75 bits per heavy atom. The molecule has 7 nitrogen and oxygen atoms in total. The number of H-pyrrole nitrogens is 1. The molecule has 0 amide bonds. The maximum absolute atomic E-state index is 12.5. The number of nitrogens with one attached hydrogen (secondary N) is 1. The first-order chi connectivity index (χ1) is 13.6. The average molecular weight is 375 g/mol. The minimum absolute atomic E-state index is 0.0234. The molecule has 0 aliphatic heterocycles. The Labute approximate surface area is 160 Å². The Bertz CT molecular complexity index is 1210. The summed E-state index contributed by atoms with van der Waals surface area (Å²) in [6.07, 6.45) is 0.300. The van der Waals surface area contributed by atoms with Gasteiger partial charge in [0.05, 0.1) is 16.5 Å². The second-order valence-electron chi connectivity index (χ2n) is 6.37. The molecule has 2 heterocycles. The number of ether oxygens (including phenoxy) is 1. The molecule has 4 rings (SSSR count). The predicted molar refractivity (Wildman–Crippen MR) is 102 cm³/mol. The number of fused-ring (bicyclic) bond motifs is 1. The lowest BCUT2D eigenvalue weighted by atomic mass is 10.0. The van der Waals surface area contributed by atoms with E-state index in [9.17, 15) is 9.59 Å². The highest BCUT2D eigenvalue weighted by Crippen LogP contribution is 2.16. The molecule has 2 aromatic heterocycles. The maximum atomic E-state index is 12.5. The summed E-state index contributed by atoms with van der Waals surface area (Å²) >= 11 is 0. The zero-order valence-electron chi connectivity index (χ0n) is 15.1. The van der Waals surface area contributed by atoms with E-state index in [-0.39, 0.29) is 12.2 Å². The van der Waals surface area contributed by atoms with Crippen molar-refractivity contribution >= 4 is 16.9 Å². The third-order valence-electron chi connectivity index (χ3n) is 4.28. The molecule has 7 heteroatoms. The van der Waals surface area contributed by atoms with Crippen LogP contribution in [0.25, 0.3) is 10.9 Å². The van der Waals surface area contributed by atoms with Crippen LogP contribution in [0.5, 0.6) is 0 Å². The normalized spacial score (nSPS) is 10.9. The lowest BCUT2D eigenvalue weighted by molar-refractivity contribution is 0.0463. The lowest BCUT2D eigenvalue weighted by Crippen LogP contribution is -2.14. The van der Waals surface area contributed by atoms with Crippen molar-refractivity contribution in [2.24, 2.45) is 0 Å². The first-order valence-corrected chi connectivity index (χ1v) is 8.75. The standard InChI is InChI=1S/C21H17N3O4/c1-13-10-15(24-28-13)12-27-21(26)16-7-3-2-6-14(16)11-19-22-18-9-5-4-8-17(18)20(25)23-19/h2-10H,11-12H2,1H3,(H,22,23,25). The van der Waals surface area contributed by atoms with E-state index in [1.165, 1.54) is 0 Å². The van der Waals surface area contributed by atoms with E-state index in [0.29, 0.717) is 45.7 Å². The largest absolute Gasteiger partial charge is 0.455 e. The summed E-state index contributed by atoms with van der Waals surface area (Å²) < 4.78 is 10.3. The fraction of sp³-hybridized carbons (Fsp3) is 0.143. The van der Waals surface area contributed by atoms with E-state index < -0.39 is 5.97 Å². The summed E-state index contributed by atoms with van der Waals surface area (Å²) in [6, 6.07) is 15.9. The second kappa shape index (κ2) is 7.48. The Balaban J connectivity index is 1.57. The quantitative estimate of drug-likeness (QED) is 0.538. The molecule has 0 fully saturated rings. The fourth-order valence-electron chi connectivity index (χ4n) is 2.98. The second-order valence-corrected chi connectivity index (χ2v) is 6.37. The molecule has 0 unspecified atom stereocenters. The van der Waals surface area contributed by atoms with Crippen molar-refractivity contribution < 1.29 is 14.1 Å². The molecule has 28 heavy (non-hydrogen) atoms. The molecule has 140 valence electrons. The van der Waals surface area contributed by atoms with Gasteiger partial charge in [0.2, 0.25) is 0 Å². The summed E-state index contributed by atoms with van der Waals surface area (Å²) in [5.41, 5.74) is 2.08. The van der Waals surface area contributed by atoms with Crippen molar-refractivity contribution in [1.29, 1.82) is 0 Å². The summed E-state index contributed by atoms with van der Waals surface area (Å²) in [6.45, 7) is 1.79. The van der Waals surface area contributed by atoms with Crippen molar-refractivity contribution in [3.63, 3.8) is 0 Å². The zero-order valence-corrected chi connectivity index (χ0v) is 15.1. The summed E-state index contributed by atoms with van der Waals surface area (Å²) in [7, 11) is 0. The van der Waals surface area contributed by atoms with Gasteiger partial charge in [0.25, 0.3) is 5.56 Å². The molecule has 0 aliphatic carbocycles. The molecule has 0 bridgehead atoms. The van der Waals surface area contributed by atoms with Crippen molar-refractivity contribution in [3.8, 4) is 0 Å². The first kappa shape index (κ1) is 17.7. The number of benzene rings is 2. The number of para-hydroxylation sites is 1. The van der Waals surface area contributed by atoms with E-state index in [1.807, 2.05) is 18.2 Å². The van der Waals surface area contributed by atoms with Gasteiger partial charge in [0, 0.05) is 12.5 Å². The van der Waals surface area contributed by atoms with Gasteiger partial charge in [-0.25, -0.2) is 9.78 Å². The predicted octanol–water partition coefficient (Wildman–Crippen LogP) is 3.17. The number of rotatable bonds is 5. The Morgan fingerprint density at radius 2 is 1.93 bits per heavy atom. The van der Waals surface area contributed by atoms with E-state index in [2.05, 4.69) is 15.1 Å². The van der Waals surface area contributed by atoms with Crippen LogP contribution in [-0.4, -0.2) is 21.1 Å².